The summed E-state index contributed by atoms with van der Waals surface area (Å²) in [6.07, 6.45) is 0. The smallest absolute Gasteiger partial charge is 0.299 e. The molecule has 0 radical (unpaired) electrons. The first-order valence-corrected chi connectivity index (χ1v) is 11.0. The van der Waals surface area contributed by atoms with Gasteiger partial charge >= 0.3 is 0 Å². The molecule has 0 spiro atoms. The van der Waals surface area contributed by atoms with E-state index in [0.717, 1.165) is 11.3 Å². The van der Waals surface area contributed by atoms with Gasteiger partial charge in [0.05, 0.1) is 17.6 Å². The van der Waals surface area contributed by atoms with Crippen molar-refractivity contribution >= 4 is 22.5 Å². The molecule has 7 nitrogen and oxygen atoms in total. The molecule has 1 heterocycles. The maximum Gasteiger partial charge on any atom is 0.299 e. The largest absolute Gasteiger partial charge is 0.507 e. The first-order chi connectivity index (χ1) is 16.3. The Bertz CT molecular complexity index is 1350. The number of fused-ring (bicyclic) bond motifs is 1. The van der Waals surface area contributed by atoms with Crippen molar-refractivity contribution in [2.24, 2.45) is 10.2 Å². The summed E-state index contributed by atoms with van der Waals surface area (Å²) in [6.45, 7) is 7.18. The van der Waals surface area contributed by atoms with E-state index in [2.05, 4.69) is 43.1 Å². The Labute approximate surface area is 198 Å². The number of azo groups is 1. The number of rotatable bonds is 6. The van der Waals surface area contributed by atoms with Crippen molar-refractivity contribution in [1.82, 2.24) is 4.57 Å². The number of hydrogen-bond acceptors (Lipinski definition) is 5. The van der Waals surface area contributed by atoms with Gasteiger partial charge in [-0.05, 0) is 41.3 Å². The highest BCUT2D eigenvalue weighted by Crippen LogP contribution is 2.39. The molecule has 174 valence electrons. The number of carbonyl (C=O) groups excluding carboxylic acids is 1. The summed E-state index contributed by atoms with van der Waals surface area (Å²) in [5.74, 6) is -0.235. The van der Waals surface area contributed by atoms with Gasteiger partial charge in [0.2, 0.25) is 5.88 Å². The van der Waals surface area contributed by atoms with Gasteiger partial charge in [-0.2, -0.15) is 0 Å². The van der Waals surface area contributed by atoms with Crippen molar-refractivity contribution in [2.75, 3.05) is 6.61 Å². The number of ether oxygens (including phenoxy) is 1. The van der Waals surface area contributed by atoms with Crippen LogP contribution in [0.15, 0.2) is 83.0 Å². The molecule has 0 aliphatic carbocycles. The van der Waals surface area contributed by atoms with Gasteiger partial charge in [-0.3, -0.25) is 4.79 Å². The Balaban J connectivity index is 1.53. The average molecular weight is 458 g/mol. The highest BCUT2D eigenvalue weighted by Gasteiger charge is 2.18. The standard InChI is InChI=1S/C27H27N3O4/c1-27(2,3)18-12-14-19(15-13-18)34-17-16-30-22-10-6-4-8-20(22)24(26(30)33)28-29-25(32)21-9-5-7-11-23(21)31/h4-15,31,33H,16-17H2,1-3H3. The molecule has 0 fully saturated rings. The molecule has 0 unspecified atom stereocenters. The van der Waals surface area contributed by atoms with E-state index in [4.69, 9.17) is 4.74 Å². The van der Waals surface area contributed by atoms with Gasteiger partial charge in [-0.25, -0.2) is 0 Å². The summed E-state index contributed by atoms with van der Waals surface area (Å²) >= 11 is 0. The number of para-hydroxylation sites is 2. The Hall–Kier alpha value is -4.13. The van der Waals surface area contributed by atoms with Crippen molar-refractivity contribution in [3.8, 4) is 17.4 Å². The maximum atomic E-state index is 12.4. The lowest BCUT2D eigenvalue weighted by molar-refractivity contribution is 0.0992. The minimum Gasteiger partial charge on any atom is -0.507 e. The third-order valence-electron chi connectivity index (χ3n) is 5.60. The number of phenols is 1. The topological polar surface area (TPSA) is 96.4 Å². The van der Waals surface area contributed by atoms with Crippen LogP contribution in [0.1, 0.15) is 36.7 Å². The number of carbonyl (C=O) groups is 1. The number of nitrogens with zero attached hydrogens (tertiary/aromatic N) is 3. The second-order valence-corrected chi connectivity index (χ2v) is 8.99. The van der Waals surface area contributed by atoms with Gasteiger partial charge in [-0.1, -0.05) is 63.2 Å². The van der Waals surface area contributed by atoms with E-state index >= 15 is 0 Å². The van der Waals surface area contributed by atoms with Gasteiger partial charge < -0.3 is 19.5 Å². The fraction of sp³-hybridized carbons (Fsp3) is 0.222. The predicted octanol–water partition coefficient (Wildman–Crippen LogP) is 6.35. The van der Waals surface area contributed by atoms with Crippen LogP contribution < -0.4 is 4.74 Å². The molecule has 34 heavy (non-hydrogen) atoms. The molecule has 0 aliphatic heterocycles. The van der Waals surface area contributed by atoms with Crippen molar-refractivity contribution < 1.29 is 19.7 Å². The summed E-state index contributed by atoms with van der Waals surface area (Å²) in [5.41, 5.74) is 2.27. The fourth-order valence-corrected chi connectivity index (χ4v) is 3.71. The molecule has 4 rings (SSSR count). The number of amides is 1. The van der Waals surface area contributed by atoms with E-state index in [-0.39, 0.29) is 28.3 Å². The van der Waals surface area contributed by atoms with Crippen LogP contribution in [0.2, 0.25) is 0 Å². The van der Waals surface area contributed by atoms with E-state index in [1.165, 1.54) is 17.7 Å². The van der Waals surface area contributed by atoms with E-state index in [9.17, 15) is 15.0 Å². The minimum absolute atomic E-state index is 0.0420. The molecule has 2 N–H and O–H groups in total. The van der Waals surface area contributed by atoms with Crippen molar-refractivity contribution in [3.63, 3.8) is 0 Å². The zero-order chi connectivity index (χ0) is 24.3. The average Bonchev–Trinajstić information content (AvgIpc) is 3.08. The molecule has 7 heteroatoms. The molecular formula is C27H27N3O4. The lowest BCUT2D eigenvalue weighted by atomic mass is 9.87. The Morgan fingerprint density at radius 1 is 0.941 bits per heavy atom. The number of benzene rings is 3. The van der Waals surface area contributed by atoms with E-state index in [1.54, 1.807) is 22.8 Å². The van der Waals surface area contributed by atoms with Crippen molar-refractivity contribution in [2.45, 2.75) is 32.7 Å². The zero-order valence-corrected chi connectivity index (χ0v) is 19.4. The molecule has 0 aliphatic rings. The monoisotopic (exact) mass is 457 g/mol. The van der Waals surface area contributed by atoms with Crippen LogP contribution in [-0.4, -0.2) is 27.3 Å². The Morgan fingerprint density at radius 2 is 1.62 bits per heavy atom. The van der Waals surface area contributed by atoms with E-state index in [0.29, 0.717) is 18.5 Å². The van der Waals surface area contributed by atoms with E-state index < -0.39 is 5.91 Å². The van der Waals surface area contributed by atoms with Gasteiger partial charge in [0.1, 0.15) is 18.1 Å². The second-order valence-electron chi connectivity index (χ2n) is 8.99. The summed E-state index contributed by atoms with van der Waals surface area (Å²) in [6, 6.07) is 21.4. The normalized spacial score (nSPS) is 11.9. The summed E-state index contributed by atoms with van der Waals surface area (Å²) in [4.78, 5) is 12.4. The number of aromatic hydroxyl groups is 2. The summed E-state index contributed by atoms with van der Waals surface area (Å²) < 4.78 is 7.57. The van der Waals surface area contributed by atoms with Crippen molar-refractivity contribution in [3.05, 3.63) is 83.9 Å². The van der Waals surface area contributed by atoms with Gasteiger partial charge in [0.25, 0.3) is 5.91 Å². The zero-order valence-electron chi connectivity index (χ0n) is 19.4. The molecule has 0 bridgehead atoms. The lowest BCUT2D eigenvalue weighted by Crippen LogP contribution is -2.11. The van der Waals surface area contributed by atoms with Gasteiger partial charge in [0, 0.05) is 5.39 Å². The quantitative estimate of drug-likeness (QED) is 0.330. The predicted molar refractivity (Wildman–Crippen MR) is 131 cm³/mol. The van der Waals surface area contributed by atoms with Crippen LogP contribution >= 0.6 is 0 Å². The molecule has 1 amide bonds. The first-order valence-electron chi connectivity index (χ1n) is 11.0. The van der Waals surface area contributed by atoms with E-state index in [1.807, 2.05) is 30.3 Å². The molecule has 3 aromatic carbocycles. The Kier molecular flexibility index (Phi) is 6.36. The summed E-state index contributed by atoms with van der Waals surface area (Å²) in [7, 11) is 0. The number of hydrogen-bond donors (Lipinski definition) is 2. The Morgan fingerprint density at radius 3 is 2.32 bits per heavy atom. The molecule has 0 atom stereocenters. The maximum absolute atomic E-state index is 12.4. The first kappa shape index (κ1) is 23.0. The third-order valence-corrected chi connectivity index (χ3v) is 5.60. The summed E-state index contributed by atoms with van der Waals surface area (Å²) in [5, 5.41) is 29.1. The van der Waals surface area contributed by atoms with Gasteiger partial charge in [-0.15, -0.1) is 10.2 Å². The fourth-order valence-electron chi connectivity index (χ4n) is 3.71. The molecule has 0 saturated heterocycles. The minimum atomic E-state index is -0.698. The molecule has 1 aromatic heterocycles. The van der Waals surface area contributed by atoms with Crippen LogP contribution in [0.3, 0.4) is 0 Å². The molecular weight excluding hydrogens is 430 g/mol. The van der Waals surface area contributed by atoms with Gasteiger partial charge in [0.15, 0.2) is 5.69 Å². The lowest BCUT2D eigenvalue weighted by Gasteiger charge is -2.19. The number of aromatic nitrogens is 1. The highest BCUT2D eigenvalue weighted by atomic mass is 16.5. The van der Waals surface area contributed by atoms with Crippen LogP contribution in [0, 0.1) is 0 Å². The SMILES string of the molecule is CC(C)(C)c1ccc(OCCn2c(O)c(N=NC(=O)c3ccccc3O)c3ccccc32)cc1. The second kappa shape index (κ2) is 9.39. The van der Waals surface area contributed by atoms with Crippen molar-refractivity contribution in [1.29, 1.82) is 0 Å². The van der Waals surface area contributed by atoms with Crippen LogP contribution in [-0.2, 0) is 12.0 Å². The van der Waals surface area contributed by atoms with Crippen LogP contribution in [0.25, 0.3) is 10.9 Å². The highest BCUT2D eigenvalue weighted by molar-refractivity contribution is 5.98. The molecule has 0 saturated carbocycles. The molecule has 4 aromatic rings. The van der Waals surface area contributed by atoms with Crippen LogP contribution in [0.5, 0.6) is 17.4 Å². The third kappa shape index (κ3) is 4.78. The number of phenolic OH excluding ortho intramolecular Hbond substituents is 1. The van der Waals surface area contributed by atoms with Crippen LogP contribution in [0.4, 0.5) is 5.69 Å².